The molecule has 126 heavy (non-hydrogen) atoms. The van der Waals surface area contributed by atoms with Crippen LogP contribution in [0, 0.1) is 0 Å². The van der Waals surface area contributed by atoms with Crippen LogP contribution < -0.4 is 30.1 Å². The predicted octanol–water partition coefficient (Wildman–Crippen LogP) is 35.0. The number of ether oxygens (including phenoxy) is 4. The number of hydrogen-bond acceptors (Lipinski definition) is 6. The van der Waals surface area contributed by atoms with E-state index in [1.54, 1.807) is 0 Å². The maximum atomic E-state index is 16.9. The van der Waals surface area contributed by atoms with E-state index in [1.165, 1.54) is 253 Å². The van der Waals surface area contributed by atoms with Crippen LogP contribution in [0.1, 0.15) is 307 Å². The van der Waals surface area contributed by atoms with Crippen LogP contribution in [0.15, 0.2) is 204 Å². The Kier molecular flexibility index (Phi) is 29.5. The van der Waals surface area contributed by atoms with Crippen molar-refractivity contribution in [3.8, 4) is 46.0 Å². The van der Waals surface area contributed by atoms with Gasteiger partial charge in [0.25, 0.3) is 11.1 Å². The van der Waals surface area contributed by atoms with Gasteiger partial charge in [-0.25, -0.2) is 0 Å². The molecular weight excluding hydrogens is 1550 g/mol. The summed E-state index contributed by atoms with van der Waals surface area (Å²) in [7, 11) is 0. The molecule has 0 saturated carbocycles. The molecule has 0 spiro atoms. The lowest BCUT2D eigenvalue weighted by Gasteiger charge is -2.25. The minimum Gasteiger partial charge on any atom is -0.457 e. The SMILES string of the molecule is CCCCCCCCCCCCc1ccc(Oc2cc3c(=O)n4c5ccc6ccccc6c5[nH]c4c4cc(Oc5ccc(CCCCCCCCCCCC)cc5)c5c6c(Oc7ccc(CCCCCCCCCCCC)cc7)cc7c8c(cc(Oc9ccc(CCCCCCCCCCCC)cc9)c(c2c5c34)c68)c(=O)n2c7[nH]c3ccc4ccccc4c32)cc1. The van der Waals surface area contributed by atoms with Crippen LogP contribution in [0.5, 0.6) is 46.0 Å². The van der Waals surface area contributed by atoms with Gasteiger partial charge in [-0.1, -0.05) is 368 Å². The Morgan fingerprint density at radius 3 is 0.881 bits per heavy atom. The number of nitrogens with zero attached hydrogens (tertiary/aromatic N) is 2. The molecule has 0 aliphatic carbocycles. The summed E-state index contributed by atoms with van der Waals surface area (Å²) in [6.45, 7) is 9.16. The Labute approximate surface area is 745 Å². The summed E-state index contributed by atoms with van der Waals surface area (Å²) >= 11 is 0. The van der Waals surface area contributed by atoms with Crippen molar-refractivity contribution in [2.75, 3.05) is 0 Å². The number of pyridine rings is 2. The van der Waals surface area contributed by atoms with Gasteiger partial charge in [0.2, 0.25) is 0 Å². The van der Waals surface area contributed by atoms with Crippen molar-refractivity contribution in [2.24, 2.45) is 0 Å². The fraction of sp³-hybridized carbons (Fsp3) is 0.414. The van der Waals surface area contributed by atoms with E-state index >= 15 is 9.59 Å². The summed E-state index contributed by atoms with van der Waals surface area (Å²) in [6, 6.07) is 68.3. The summed E-state index contributed by atoms with van der Waals surface area (Å²) in [4.78, 5) is 41.4. The highest BCUT2D eigenvalue weighted by atomic mass is 16.5. The topological polar surface area (TPSA) is 111 Å². The van der Waals surface area contributed by atoms with Crippen molar-refractivity contribution in [3.05, 3.63) is 237 Å². The number of unbranched alkanes of at least 4 members (excludes halogenated alkanes) is 36. The predicted molar refractivity (Wildman–Crippen MR) is 535 cm³/mol. The van der Waals surface area contributed by atoms with E-state index in [2.05, 4.69) is 220 Å². The first-order chi connectivity index (χ1) is 62.2. The highest BCUT2D eigenvalue weighted by Gasteiger charge is 2.33. The van der Waals surface area contributed by atoms with Crippen LogP contribution in [0.4, 0.5) is 0 Å². The van der Waals surface area contributed by atoms with Crippen LogP contribution >= 0.6 is 0 Å². The number of aromatic amines is 2. The Morgan fingerprint density at radius 2 is 0.532 bits per heavy atom. The van der Waals surface area contributed by atoms with Crippen molar-refractivity contribution in [1.29, 1.82) is 0 Å². The van der Waals surface area contributed by atoms with Crippen molar-refractivity contribution in [3.63, 3.8) is 0 Å². The quantitative estimate of drug-likeness (QED) is 0.0223. The van der Waals surface area contributed by atoms with Crippen molar-refractivity contribution in [2.45, 2.75) is 310 Å². The van der Waals surface area contributed by atoms with Crippen molar-refractivity contribution < 1.29 is 18.9 Å². The zero-order valence-corrected chi connectivity index (χ0v) is 75.9. The molecule has 0 aliphatic heterocycles. The van der Waals surface area contributed by atoms with Crippen LogP contribution in [0.25, 0.3) is 120 Å². The zero-order valence-electron chi connectivity index (χ0n) is 75.9. The minimum atomic E-state index is -0.193. The first-order valence-electron chi connectivity index (χ1n) is 49.7. The molecule has 4 aromatic heterocycles. The van der Waals surface area contributed by atoms with Gasteiger partial charge >= 0.3 is 0 Å². The van der Waals surface area contributed by atoms with Gasteiger partial charge in [0.1, 0.15) is 57.3 Å². The van der Waals surface area contributed by atoms with E-state index in [4.69, 9.17) is 18.9 Å². The second-order valence-electron chi connectivity index (χ2n) is 37.0. The highest BCUT2D eigenvalue weighted by Crippen LogP contribution is 2.58. The molecule has 4 heterocycles. The van der Waals surface area contributed by atoms with Crippen molar-refractivity contribution in [1.82, 2.24) is 18.8 Å². The Bertz CT molecular complexity index is 6430. The van der Waals surface area contributed by atoms with Gasteiger partial charge in [0.15, 0.2) is 0 Å². The summed E-state index contributed by atoms with van der Waals surface area (Å²) in [5.74, 6) is 4.59. The first-order valence-corrected chi connectivity index (χ1v) is 49.7. The van der Waals surface area contributed by atoms with Crippen molar-refractivity contribution >= 4 is 120 Å². The van der Waals surface area contributed by atoms with Crippen LogP contribution in [-0.4, -0.2) is 18.8 Å². The number of benzene rings is 13. The van der Waals surface area contributed by atoms with Gasteiger partial charge in [0.05, 0.1) is 32.8 Å². The maximum absolute atomic E-state index is 16.9. The smallest absolute Gasteiger partial charge is 0.264 e. The lowest BCUT2D eigenvalue weighted by atomic mass is 9.84. The fourth-order valence-corrected chi connectivity index (χ4v) is 20.7. The van der Waals surface area contributed by atoms with Gasteiger partial charge < -0.3 is 28.9 Å². The normalized spacial score (nSPS) is 12.2. The Morgan fingerprint density at radius 1 is 0.246 bits per heavy atom. The molecule has 13 aromatic carbocycles. The lowest BCUT2D eigenvalue weighted by Crippen LogP contribution is -2.15. The molecule has 2 N–H and O–H groups in total. The number of aromatic nitrogens is 4. The molecule has 0 aliphatic rings. The van der Waals surface area contributed by atoms with E-state index in [0.717, 1.165) is 127 Å². The largest absolute Gasteiger partial charge is 0.457 e. The average Bonchev–Trinajstić information content (AvgIpc) is 1.11. The highest BCUT2D eigenvalue weighted by molar-refractivity contribution is 6.45. The van der Waals surface area contributed by atoms with E-state index in [1.807, 2.05) is 20.9 Å². The Hall–Kier alpha value is -10.8. The summed E-state index contributed by atoms with van der Waals surface area (Å²) in [5, 5.41) is 12.4. The number of aryl methyl sites for hydroxylation is 4. The van der Waals surface area contributed by atoms with Gasteiger partial charge in [-0.05, 0) is 169 Å². The number of nitrogens with one attached hydrogen (secondary N) is 2. The molecule has 17 rings (SSSR count). The van der Waals surface area contributed by atoms with E-state index in [9.17, 15) is 0 Å². The molecule has 10 nitrogen and oxygen atoms in total. The second kappa shape index (κ2) is 42.6. The molecule has 0 saturated heterocycles. The van der Waals surface area contributed by atoms with E-state index in [0.29, 0.717) is 89.6 Å². The molecule has 0 amide bonds. The number of imidazole rings is 2. The summed E-state index contributed by atoms with van der Waals surface area (Å²) in [5.41, 5.74) is 9.18. The zero-order chi connectivity index (χ0) is 85.9. The molecule has 654 valence electrons. The molecule has 0 unspecified atom stereocenters. The molecule has 0 radical (unpaired) electrons. The monoisotopic (exact) mass is 1680 g/mol. The molecule has 0 atom stereocenters. The van der Waals surface area contributed by atoms with Gasteiger partial charge in [0, 0.05) is 64.6 Å². The number of H-pyrrole nitrogens is 2. The third-order valence-corrected chi connectivity index (χ3v) is 27.6. The third kappa shape index (κ3) is 19.6. The number of fused-ring (bicyclic) bond motifs is 14. The molecule has 10 heteroatoms. The van der Waals surface area contributed by atoms with E-state index < -0.39 is 0 Å². The molecule has 0 bridgehead atoms. The Balaban J connectivity index is 0.879. The molecule has 17 aromatic rings. The molecular formula is C116H134N4O6. The van der Waals surface area contributed by atoms with Gasteiger partial charge in [-0.15, -0.1) is 0 Å². The van der Waals surface area contributed by atoms with Gasteiger partial charge in [-0.2, -0.15) is 0 Å². The van der Waals surface area contributed by atoms with E-state index in [-0.39, 0.29) is 11.1 Å². The van der Waals surface area contributed by atoms with Gasteiger partial charge in [-0.3, -0.25) is 18.4 Å². The third-order valence-electron chi connectivity index (χ3n) is 27.6. The minimum absolute atomic E-state index is 0.192. The summed E-state index contributed by atoms with van der Waals surface area (Å²) in [6.07, 6.45) is 55.2. The number of hydrogen-bond donors (Lipinski definition) is 2. The first kappa shape index (κ1) is 87.2. The van der Waals surface area contributed by atoms with Crippen LogP contribution in [0.2, 0.25) is 0 Å². The maximum Gasteiger partial charge on any atom is 0.264 e. The second-order valence-corrected chi connectivity index (χ2v) is 37.0. The molecule has 0 fully saturated rings. The number of rotatable bonds is 52. The average molecular weight is 1680 g/mol. The fourth-order valence-electron chi connectivity index (χ4n) is 20.7. The standard InChI is InChI=1S/C116H134N4O6/c1-5-9-13-17-21-25-29-33-37-41-49-81-57-67-87(68-58-81)123-99-77-93-103-96(116(122)120-112-92-56-48-46-54-86(92)65-75-97(112)117-113(93)120)80-102(126-90-73-63-84(64-74-90)52-44-40-36-32-28-24-20-16-12-8-4)108-107-101(125-89-71-61-83(62-72-89)51-43-39-35-31-27-23-19-15-11-7-3)79-95-104-94(114-118-111-91-55-47-45-53-85(91)66-76-98(111)119(114)115(95)121)78-100(106(110(104)107)105(99)109(103)108)124-88-69-59-82(60-70-88)50-42-38-34-30-26-22-18-14-10-6-2/h45-48,53-80,117-118H,5-44,49-52H2,1-4H3. The summed E-state index contributed by atoms with van der Waals surface area (Å²) < 4.78 is 34.8. The van der Waals surface area contributed by atoms with Crippen LogP contribution in [0.3, 0.4) is 0 Å². The van der Waals surface area contributed by atoms with Crippen LogP contribution in [-0.2, 0) is 25.7 Å². The lowest BCUT2D eigenvalue weighted by molar-refractivity contribution is 0.483.